The second-order valence-electron chi connectivity index (χ2n) is 4.45. The monoisotopic (exact) mass is 307 g/mol. The number of ether oxygens (including phenoxy) is 2. The maximum absolute atomic E-state index is 13.7. The highest BCUT2D eigenvalue weighted by atomic mass is 35.5. The summed E-state index contributed by atoms with van der Waals surface area (Å²) in [6.45, 7) is 0.0605. The van der Waals surface area contributed by atoms with Gasteiger partial charge in [-0.25, -0.2) is 4.39 Å². The molecule has 4 nitrogen and oxygen atoms in total. The van der Waals surface area contributed by atoms with E-state index in [-0.39, 0.29) is 17.3 Å². The van der Waals surface area contributed by atoms with Crippen molar-refractivity contribution in [3.05, 3.63) is 53.3 Å². The van der Waals surface area contributed by atoms with Crippen LogP contribution in [0.25, 0.3) is 0 Å². The van der Waals surface area contributed by atoms with Gasteiger partial charge in [0.25, 0.3) is 5.91 Å². The summed E-state index contributed by atoms with van der Waals surface area (Å²) < 4.78 is 24.7. The van der Waals surface area contributed by atoms with Gasteiger partial charge < -0.3 is 14.8 Å². The minimum Gasteiger partial charge on any atom is -0.485 e. The summed E-state index contributed by atoms with van der Waals surface area (Å²) in [6, 6.07) is 11.4. The molecule has 0 aromatic heterocycles. The summed E-state index contributed by atoms with van der Waals surface area (Å²) >= 11 is 5.67. The molecule has 2 aromatic carbocycles. The third-order valence-corrected chi connectivity index (χ3v) is 3.30. The smallest absolute Gasteiger partial charge is 0.269 e. The molecule has 0 fully saturated rings. The Morgan fingerprint density at radius 2 is 1.95 bits per heavy atom. The van der Waals surface area contributed by atoms with Crippen LogP contribution in [-0.4, -0.2) is 18.6 Å². The quantitative estimate of drug-likeness (QED) is 0.926. The predicted octanol–water partition coefficient (Wildman–Crippen LogP) is 3.26. The minimum absolute atomic E-state index is 0.00922. The molecule has 108 valence electrons. The fourth-order valence-electron chi connectivity index (χ4n) is 1.96. The highest BCUT2D eigenvalue weighted by Crippen LogP contribution is 2.31. The molecule has 0 spiro atoms. The van der Waals surface area contributed by atoms with Crippen LogP contribution < -0.4 is 14.8 Å². The molecule has 1 aliphatic heterocycles. The van der Waals surface area contributed by atoms with E-state index in [0.717, 1.165) is 0 Å². The van der Waals surface area contributed by atoms with Crippen LogP contribution in [-0.2, 0) is 4.79 Å². The van der Waals surface area contributed by atoms with Gasteiger partial charge in [0.05, 0.1) is 10.7 Å². The standard InChI is InChI=1S/C15H11ClFNO3/c16-9-4-3-5-10(14(9)17)18-15(19)13-8-20-11-6-1-2-7-12(11)21-13/h1-7,13H,8H2,(H,18,19)/t13-/m0/s1. The zero-order valence-corrected chi connectivity index (χ0v) is 11.6. The maximum atomic E-state index is 13.7. The summed E-state index contributed by atoms with van der Waals surface area (Å²) in [4.78, 5) is 12.1. The third kappa shape index (κ3) is 2.78. The first kappa shape index (κ1) is 13.7. The lowest BCUT2D eigenvalue weighted by molar-refractivity contribution is -0.125. The number of fused-ring (bicyclic) bond motifs is 1. The lowest BCUT2D eigenvalue weighted by Crippen LogP contribution is -2.40. The van der Waals surface area contributed by atoms with Gasteiger partial charge in [-0.1, -0.05) is 29.8 Å². The maximum Gasteiger partial charge on any atom is 0.269 e. The van der Waals surface area contributed by atoms with Gasteiger partial charge in [0.1, 0.15) is 6.61 Å². The SMILES string of the molecule is O=C(Nc1cccc(Cl)c1F)[C@@H]1COc2ccccc2O1. The molecule has 1 aliphatic rings. The van der Waals surface area contributed by atoms with Gasteiger partial charge in [-0.15, -0.1) is 0 Å². The molecule has 0 saturated carbocycles. The highest BCUT2D eigenvalue weighted by molar-refractivity contribution is 6.31. The molecule has 0 unspecified atom stereocenters. The van der Waals surface area contributed by atoms with Crippen molar-refractivity contribution >= 4 is 23.2 Å². The number of anilines is 1. The van der Waals surface area contributed by atoms with Crippen molar-refractivity contribution in [1.29, 1.82) is 0 Å². The van der Waals surface area contributed by atoms with Crippen molar-refractivity contribution in [3.63, 3.8) is 0 Å². The summed E-state index contributed by atoms with van der Waals surface area (Å²) in [5, 5.41) is 2.39. The van der Waals surface area contributed by atoms with Gasteiger partial charge in [0.15, 0.2) is 17.3 Å². The lowest BCUT2D eigenvalue weighted by Gasteiger charge is -2.25. The average Bonchev–Trinajstić information content (AvgIpc) is 2.51. The molecule has 2 aromatic rings. The molecular formula is C15H11ClFNO3. The van der Waals surface area contributed by atoms with Crippen LogP contribution in [0.3, 0.4) is 0 Å². The summed E-state index contributed by atoms with van der Waals surface area (Å²) in [5.74, 6) is -0.110. The number of hydrogen-bond donors (Lipinski definition) is 1. The van der Waals surface area contributed by atoms with Crippen molar-refractivity contribution in [2.75, 3.05) is 11.9 Å². The highest BCUT2D eigenvalue weighted by Gasteiger charge is 2.27. The number of amides is 1. The largest absolute Gasteiger partial charge is 0.485 e. The van der Waals surface area contributed by atoms with Crippen LogP contribution in [0.4, 0.5) is 10.1 Å². The van der Waals surface area contributed by atoms with E-state index in [0.29, 0.717) is 11.5 Å². The number of halogens is 2. The van der Waals surface area contributed by atoms with E-state index >= 15 is 0 Å². The zero-order chi connectivity index (χ0) is 14.8. The molecule has 0 aliphatic carbocycles. The minimum atomic E-state index is -0.849. The summed E-state index contributed by atoms with van der Waals surface area (Å²) in [6.07, 6.45) is -0.849. The van der Waals surface area contributed by atoms with Crippen molar-refractivity contribution < 1.29 is 18.7 Å². The summed E-state index contributed by atoms with van der Waals surface area (Å²) in [7, 11) is 0. The van der Waals surface area contributed by atoms with Crippen LogP contribution in [0.15, 0.2) is 42.5 Å². The van der Waals surface area contributed by atoms with E-state index < -0.39 is 17.8 Å². The van der Waals surface area contributed by atoms with Crippen LogP contribution in [0.5, 0.6) is 11.5 Å². The Labute approximate surface area is 125 Å². The molecule has 1 amide bonds. The fourth-order valence-corrected chi connectivity index (χ4v) is 2.14. The average molecular weight is 308 g/mol. The second-order valence-corrected chi connectivity index (χ2v) is 4.86. The van der Waals surface area contributed by atoms with E-state index in [9.17, 15) is 9.18 Å². The van der Waals surface area contributed by atoms with Crippen molar-refractivity contribution in [2.24, 2.45) is 0 Å². The van der Waals surface area contributed by atoms with Crippen molar-refractivity contribution in [3.8, 4) is 11.5 Å². The Morgan fingerprint density at radius 3 is 2.76 bits per heavy atom. The topological polar surface area (TPSA) is 47.6 Å². The van der Waals surface area contributed by atoms with E-state index in [4.69, 9.17) is 21.1 Å². The van der Waals surface area contributed by atoms with Crippen LogP contribution in [0.1, 0.15) is 0 Å². The molecule has 0 bridgehead atoms. The first-order valence-electron chi connectivity index (χ1n) is 6.28. The van der Waals surface area contributed by atoms with E-state index in [1.807, 2.05) is 6.07 Å². The normalized spacial score (nSPS) is 16.4. The molecule has 21 heavy (non-hydrogen) atoms. The number of para-hydroxylation sites is 2. The molecule has 1 N–H and O–H groups in total. The number of nitrogens with one attached hydrogen (secondary N) is 1. The Kier molecular flexibility index (Phi) is 3.66. The molecule has 0 saturated heterocycles. The summed E-state index contributed by atoms with van der Waals surface area (Å²) in [5.41, 5.74) is 0.00922. The first-order chi connectivity index (χ1) is 10.1. The molecule has 1 atom stereocenters. The number of benzene rings is 2. The zero-order valence-electron chi connectivity index (χ0n) is 10.8. The van der Waals surface area contributed by atoms with Gasteiger partial charge in [0.2, 0.25) is 6.10 Å². The third-order valence-electron chi connectivity index (χ3n) is 3.01. The molecule has 6 heteroatoms. The Morgan fingerprint density at radius 1 is 1.19 bits per heavy atom. The van der Waals surface area contributed by atoms with Crippen molar-refractivity contribution in [1.82, 2.24) is 0 Å². The molecule has 3 rings (SSSR count). The number of carbonyl (C=O) groups is 1. The Balaban J connectivity index is 1.74. The van der Waals surface area contributed by atoms with E-state index in [2.05, 4.69) is 5.32 Å². The van der Waals surface area contributed by atoms with E-state index in [1.165, 1.54) is 12.1 Å². The van der Waals surface area contributed by atoms with Gasteiger partial charge in [-0.2, -0.15) is 0 Å². The van der Waals surface area contributed by atoms with Crippen LogP contribution >= 0.6 is 11.6 Å². The lowest BCUT2D eigenvalue weighted by atomic mass is 10.2. The molecular weight excluding hydrogens is 297 g/mol. The fraction of sp³-hybridized carbons (Fsp3) is 0.133. The van der Waals surface area contributed by atoms with Crippen LogP contribution in [0, 0.1) is 5.82 Å². The number of rotatable bonds is 2. The van der Waals surface area contributed by atoms with Gasteiger partial charge in [-0.3, -0.25) is 4.79 Å². The van der Waals surface area contributed by atoms with Crippen LogP contribution in [0.2, 0.25) is 5.02 Å². The Hall–Kier alpha value is -2.27. The number of carbonyl (C=O) groups excluding carboxylic acids is 1. The molecule has 1 heterocycles. The predicted molar refractivity (Wildman–Crippen MR) is 76.4 cm³/mol. The van der Waals surface area contributed by atoms with Gasteiger partial charge in [0, 0.05) is 0 Å². The van der Waals surface area contributed by atoms with E-state index in [1.54, 1.807) is 24.3 Å². The van der Waals surface area contributed by atoms with Crippen molar-refractivity contribution in [2.45, 2.75) is 6.10 Å². The molecule has 0 radical (unpaired) electrons. The number of hydrogen-bond acceptors (Lipinski definition) is 3. The van der Waals surface area contributed by atoms with Gasteiger partial charge in [-0.05, 0) is 24.3 Å². The second kappa shape index (κ2) is 5.61. The van der Waals surface area contributed by atoms with Gasteiger partial charge >= 0.3 is 0 Å². The Bertz CT molecular complexity index is 692. The first-order valence-corrected chi connectivity index (χ1v) is 6.66.